The number of rotatable bonds is 3. The summed E-state index contributed by atoms with van der Waals surface area (Å²) in [6.07, 6.45) is -4.63. The molecule has 0 saturated heterocycles. The first-order chi connectivity index (χ1) is 13.7. The highest BCUT2D eigenvalue weighted by atomic mass is 35.5. The number of nitrogens with zero attached hydrogens (tertiary/aromatic N) is 2. The minimum absolute atomic E-state index is 0.203. The molecule has 2 heterocycles. The Morgan fingerprint density at radius 2 is 1.66 bits per heavy atom. The molecule has 0 radical (unpaired) electrons. The average Bonchev–Trinajstić information content (AvgIpc) is 3.30. The zero-order valence-corrected chi connectivity index (χ0v) is 16.7. The number of hydrogen-bond acceptors (Lipinski definition) is 2. The van der Waals surface area contributed by atoms with E-state index in [4.69, 9.17) is 23.2 Å². The SMILES string of the molecule is Fc1cccc(-c2ccc(-c3cc(C(F)(F)F)nn3-c3cc(Cl)ccc3Cl)s2)c1. The van der Waals surface area contributed by atoms with Crippen LogP contribution >= 0.6 is 34.5 Å². The lowest BCUT2D eigenvalue weighted by Crippen LogP contribution is -2.07. The maximum Gasteiger partial charge on any atom is 0.435 e. The molecule has 0 aliphatic heterocycles. The van der Waals surface area contributed by atoms with E-state index in [0.29, 0.717) is 20.3 Å². The van der Waals surface area contributed by atoms with E-state index in [1.807, 2.05) is 0 Å². The summed E-state index contributed by atoms with van der Waals surface area (Å²) in [4.78, 5) is 1.22. The summed E-state index contributed by atoms with van der Waals surface area (Å²) in [6.45, 7) is 0. The van der Waals surface area contributed by atoms with Crippen molar-refractivity contribution in [3.63, 3.8) is 0 Å². The molecule has 0 atom stereocenters. The Balaban J connectivity index is 1.87. The maximum absolute atomic E-state index is 13.5. The van der Waals surface area contributed by atoms with Crippen molar-refractivity contribution in [2.75, 3.05) is 0 Å². The number of halogens is 6. The van der Waals surface area contributed by atoms with Crippen molar-refractivity contribution >= 4 is 34.5 Å². The van der Waals surface area contributed by atoms with Crippen LogP contribution in [0.3, 0.4) is 0 Å². The molecular formula is C20H10Cl2F4N2S. The lowest BCUT2D eigenvalue weighted by atomic mass is 10.2. The van der Waals surface area contributed by atoms with Crippen LogP contribution in [0.4, 0.5) is 17.6 Å². The van der Waals surface area contributed by atoms with Gasteiger partial charge in [0.25, 0.3) is 0 Å². The molecule has 148 valence electrons. The summed E-state index contributed by atoms with van der Waals surface area (Å²) in [7, 11) is 0. The highest BCUT2D eigenvalue weighted by Crippen LogP contribution is 2.39. The Hall–Kier alpha value is -2.35. The van der Waals surface area contributed by atoms with Gasteiger partial charge < -0.3 is 0 Å². The molecule has 29 heavy (non-hydrogen) atoms. The number of thiophene rings is 1. The van der Waals surface area contributed by atoms with Crippen LogP contribution in [-0.2, 0) is 6.18 Å². The number of benzene rings is 2. The Morgan fingerprint density at radius 3 is 2.38 bits per heavy atom. The Morgan fingerprint density at radius 1 is 0.897 bits per heavy atom. The predicted molar refractivity (Wildman–Crippen MR) is 107 cm³/mol. The predicted octanol–water partition coefficient (Wildman–Crippen LogP) is 7.73. The molecule has 0 fully saturated rings. The summed E-state index contributed by atoms with van der Waals surface area (Å²) in [5.41, 5.74) is 0.00733. The van der Waals surface area contributed by atoms with Gasteiger partial charge in [0.15, 0.2) is 5.69 Å². The molecule has 0 aliphatic rings. The van der Waals surface area contributed by atoms with Gasteiger partial charge in [-0.05, 0) is 54.1 Å². The van der Waals surface area contributed by atoms with Gasteiger partial charge in [-0.3, -0.25) is 0 Å². The molecule has 4 rings (SSSR count). The molecule has 0 saturated carbocycles. The van der Waals surface area contributed by atoms with Crippen LogP contribution in [-0.4, -0.2) is 9.78 Å². The number of aromatic nitrogens is 2. The quantitative estimate of drug-likeness (QED) is 0.288. The fourth-order valence-electron chi connectivity index (χ4n) is 2.80. The van der Waals surface area contributed by atoms with Crippen molar-refractivity contribution < 1.29 is 17.6 Å². The first-order valence-corrected chi connectivity index (χ1v) is 9.78. The zero-order chi connectivity index (χ0) is 20.8. The minimum atomic E-state index is -4.63. The summed E-state index contributed by atoms with van der Waals surface area (Å²) >= 11 is 13.4. The van der Waals surface area contributed by atoms with E-state index in [-0.39, 0.29) is 16.4 Å². The summed E-state index contributed by atoms with van der Waals surface area (Å²) < 4.78 is 54.6. The van der Waals surface area contributed by atoms with Crippen LogP contribution in [0.15, 0.2) is 60.7 Å². The van der Waals surface area contributed by atoms with E-state index in [1.165, 1.54) is 41.7 Å². The largest absolute Gasteiger partial charge is 0.435 e. The van der Waals surface area contributed by atoms with Crippen molar-refractivity contribution in [2.24, 2.45) is 0 Å². The zero-order valence-electron chi connectivity index (χ0n) is 14.3. The van der Waals surface area contributed by atoms with Crippen molar-refractivity contribution in [3.8, 4) is 26.7 Å². The highest BCUT2D eigenvalue weighted by Gasteiger charge is 2.35. The molecular weight excluding hydrogens is 447 g/mol. The van der Waals surface area contributed by atoms with Crippen LogP contribution in [0.1, 0.15) is 5.69 Å². The molecule has 0 bridgehead atoms. The van der Waals surface area contributed by atoms with E-state index < -0.39 is 17.7 Å². The van der Waals surface area contributed by atoms with Crippen molar-refractivity contribution in [1.29, 1.82) is 0 Å². The van der Waals surface area contributed by atoms with Gasteiger partial charge in [-0.15, -0.1) is 11.3 Å². The molecule has 0 amide bonds. The second kappa shape index (κ2) is 7.48. The minimum Gasteiger partial charge on any atom is -0.230 e. The molecule has 0 aliphatic carbocycles. The summed E-state index contributed by atoms with van der Waals surface area (Å²) in [5.74, 6) is -0.396. The lowest BCUT2D eigenvalue weighted by Gasteiger charge is -2.09. The highest BCUT2D eigenvalue weighted by molar-refractivity contribution is 7.18. The fraction of sp³-hybridized carbons (Fsp3) is 0.0500. The van der Waals surface area contributed by atoms with Gasteiger partial charge in [0, 0.05) is 9.90 Å². The second-order valence-electron chi connectivity index (χ2n) is 6.09. The second-order valence-corrected chi connectivity index (χ2v) is 8.02. The molecule has 2 aromatic heterocycles. The third-order valence-corrected chi connectivity index (χ3v) is 5.82. The van der Waals surface area contributed by atoms with Gasteiger partial charge in [0.1, 0.15) is 5.82 Å². The van der Waals surface area contributed by atoms with Gasteiger partial charge in [-0.1, -0.05) is 35.3 Å². The molecule has 2 aromatic carbocycles. The van der Waals surface area contributed by atoms with Crippen molar-refractivity contribution in [2.45, 2.75) is 6.18 Å². The Kier molecular flexibility index (Phi) is 5.14. The number of alkyl halides is 3. The van der Waals surface area contributed by atoms with Crippen LogP contribution in [0, 0.1) is 5.82 Å². The average molecular weight is 457 g/mol. The third kappa shape index (κ3) is 4.03. The number of hydrogen-bond donors (Lipinski definition) is 0. The standard InChI is InChI=1S/C20H10Cl2F4N2S/c21-12-4-5-14(22)15(9-12)28-16(10-19(27-28)20(24,25)26)18-7-6-17(29-18)11-2-1-3-13(23)8-11/h1-10H. The van der Waals surface area contributed by atoms with E-state index in [9.17, 15) is 17.6 Å². The van der Waals surface area contributed by atoms with Crippen molar-refractivity contribution in [3.05, 3.63) is 82.2 Å². The molecule has 2 nitrogen and oxygen atoms in total. The molecule has 4 aromatic rings. The summed E-state index contributed by atoms with van der Waals surface area (Å²) in [5, 5.41) is 4.24. The smallest absolute Gasteiger partial charge is 0.230 e. The Labute approximate surface area is 176 Å². The van der Waals surface area contributed by atoms with Gasteiger partial charge in [-0.2, -0.15) is 18.3 Å². The molecule has 0 N–H and O–H groups in total. The van der Waals surface area contributed by atoms with Crippen LogP contribution in [0.5, 0.6) is 0 Å². The van der Waals surface area contributed by atoms with Crippen LogP contribution < -0.4 is 0 Å². The normalized spacial score (nSPS) is 11.8. The molecule has 0 unspecified atom stereocenters. The third-order valence-electron chi connectivity index (χ3n) is 4.10. The van der Waals surface area contributed by atoms with E-state index >= 15 is 0 Å². The maximum atomic E-state index is 13.5. The van der Waals surface area contributed by atoms with Crippen LogP contribution in [0.2, 0.25) is 10.0 Å². The van der Waals surface area contributed by atoms with Crippen LogP contribution in [0.25, 0.3) is 26.7 Å². The van der Waals surface area contributed by atoms with E-state index in [2.05, 4.69) is 5.10 Å². The summed E-state index contributed by atoms with van der Waals surface area (Å²) in [6, 6.07) is 14.8. The van der Waals surface area contributed by atoms with E-state index in [1.54, 1.807) is 24.3 Å². The van der Waals surface area contributed by atoms with Crippen molar-refractivity contribution in [1.82, 2.24) is 9.78 Å². The fourth-order valence-corrected chi connectivity index (χ4v) is 4.17. The molecule has 9 heteroatoms. The van der Waals surface area contributed by atoms with E-state index in [0.717, 1.165) is 10.7 Å². The first kappa shape index (κ1) is 19.9. The Bertz CT molecular complexity index is 1200. The monoisotopic (exact) mass is 456 g/mol. The van der Waals surface area contributed by atoms with Gasteiger partial charge >= 0.3 is 6.18 Å². The van der Waals surface area contributed by atoms with Gasteiger partial charge in [-0.25, -0.2) is 9.07 Å². The first-order valence-electron chi connectivity index (χ1n) is 8.21. The van der Waals surface area contributed by atoms with Gasteiger partial charge in [0.2, 0.25) is 0 Å². The molecule has 0 spiro atoms. The van der Waals surface area contributed by atoms with Gasteiger partial charge in [0.05, 0.1) is 21.3 Å². The topological polar surface area (TPSA) is 17.8 Å². The lowest BCUT2D eigenvalue weighted by molar-refractivity contribution is -0.141.